The summed E-state index contributed by atoms with van der Waals surface area (Å²) in [6.45, 7) is 1.45. The highest BCUT2D eigenvalue weighted by Crippen LogP contribution is 2.32. The third-order valence-corrected chi connectivity index (χ3v) is 4.72. The van der Waals surface area contributed by atoms with Gasteiger partial charge in [0.05, 0.1) is 5.92 Å². The quantitative estimate of drug-likeness (QED) is 0.650. The summed E-state index contributed by atoms with van der Waals surface area (Å²) in [4.78, 5) is 25.1. The van der Waals surface area contributed by atoms with Crippen LogP contribution in [0.5, 0.6) is 0 Å². The fourth-order valence-electron chi connectivity index (χ4n) is 3.36. The van der Waals surface area contributed by atoms with Crippen LogP contribution >= 0.6 is 0 Å². The van der Waals surface area contributed by atoms with Crippen LogP contribution in [0.4, 0.5) is 10.1 Å². The maximum atomic E-state index is 14.5. The number of rotatable bonds is 5. The Balaban J connectivity index is 1.68. The van der Waals surface area contributed by atoms with Crippen molar-refractivity contribution in [2.24, 2.45) is 5.92 Å². The predicted molar refractivity (Wildman–Crippen MR) is 85.0 cm³/mol. The third kappa shape index (κ3) is 3.14. The Kier molecular flexibility index (Phi) is 4.82. The summed E-state index contributed by atoms with van der Waals surface area (Å²) in [5.74, 6) is -1.50. The van der Waals surface area contributed by atoms with E-state index in [2.05, 4.69) is 5.32 Å². The summed E-state index contributed by atoms with van der Waals surface area (Å²) in [5, 5.41) is 2.26. The lowest BCUT2D eigenvalue weighted by Crippen LogP contribution is -2.53. The number of anilines is 1. The van der Waals surface area contributed by atoms with Gasteiger partial charge in [-0.25, -0.2) is 4.39 Å². The second kappa shape index (κ2) is 6.86. The zero-order valence-corrected chi connectivity index (χ0v) is 13.8. The number of piperidine rings is 1. The van der Waals surface area contributed by atoms with Crippen molar-refractivity contribution in [2.45, 2.75) is 25.0 Å². The molecule has 1 atom stereocenters. The van der Waals surface area contributed by atoms with Crippen LogP contribution in [-0.4, -0.2) is 45.4 Å². The first kappa shape index (κ1) is 16.9. The molecule has 2 saturated heterocycles. The van der Waals surface area contributed by atoms with Gasteiger partial charge in [-0.05, 0) is 18.6 Å². The first-order chi connectivity index (χ1) is 11.5. The summed E-state index contributed by atoms with van der Waals surface area (Å²) in [7, 11) is 3.20. The summed E-state index contributed by atoms with van der Waals surface area (Å²) in [6.07, 6.45) is 0.325. The van der Waals surface area contributed by atoms with Gasteiger partial charge in [0.1, 0.15) is 5.82 Å². The highest BCUT2D eigenvalue weighted by molar-refractivity contribution is 6.00. The van der Waals surface area contributed by atoms with E-state index in [4.69, 9.17) is 9.47 Å². The lowest BCUT2D eigenvalue weighted by Gasteiger charge is -2.43. The number of nitrogens with one attached hydrogen (secondary N) is 1. The van der Waals surface area contributed by atoms with E-state index in [1.54, 1.807) is 20.3 Å². The summed E-state index contributed by atoms with van der Waals surface area (Å²) < 4.78 is 24.9. The fraction of sp³-hybridized carbons (Fsp3) is 0.529. The van der Waals surface area contributed by atoms with Crippen LogP contribution in [0.2, 0.25) is 0 Å². The zero-order valence-electron chi connectivity index (χ0n) is 13.8. The second-order valence-electron chi connectivity index (χ2n) is 6.21. The van der Waals surface area contributed by atoms with Gasteiger partial charge in [-0.3, -0.25) is 14.9 Å². The first-order valence-electron chi connectivity index (χ1n) is 7.97. The Hall–Kier alpha value is -1.99. The Bertz CT molecular complexity index is 641. The molecule has 2 heterocycles. The predicted octanol–water partition coefficient (Wildman–Crippen LogP) is 1.40. The van der Waals surface area contributed by atoms with Gasteiger partial charge in [0.2, 0.25) is 11.8 Å². The summed E-state index contributed by atoms with van der Waals surface area (Å²) >= 11 is 0. The molecule has 0 spiro atoms. The van der Waals surface area contributed by atoms with Crippen molar-refractivity contribution < 1.29 is 23.5 Å². The molecule has 1 aromatic rings. The molecule has 24 heavy (non-hydrogen) atoms. The van der Waals surface area contributed by atoms with Crippen LogP contribution in [-0.2, 0) is 19.1 Å². The van der Waals surface area contributed by atoms with E-state index in [9.17, 15) is 14.0 Å². The Labute approximate surface area is 139 Å². The van der Waals surface area contributed by atoms with E-state index in [1.807, 2.05) is 11.0 Å². The number of carbonyl (C=O) groups is 2. The molecule has 130 valence electrons. The number of benzene rings is 1. The number of hydrogen-bond acceptors (Lipinski definition) is 5. The van der Waals surface area contributed by atoms with Crippen molar-refractivity contribution in [1.82, 2.24) is 5.32 Å². The third-order valence-electron chi connectivity index (χ3n) is 4.72. The molecule has 0 aromatic heterocycles. The smallest absolute Gasteiger partial charge is 0.234 e. The second-order valence-corrected chi connectivity index (χ2v) is 6.21. The van der Waals surface area contributed by atoms with Gasteiger partial charge >= 0.3 is 0 Å². The van der Waals surface area contributed by atoms with Gasteiger partial charge in [-0.1, -0.05) is 6.07 Å². The number of imide groups is 1. The molecule has 1 aromatic carbocycles. The van der Waals surface area contributed by atoms with Crippen LogP contribution in [0.3, 0.4) is 0 Å². The monoisotopic (exact) mass is 336 g/mol. The molecule has 3 rings (SSSR count). The Morgan fingerprint density at radius 1 is 1.25 bits per heavy atom. The topological polar surface area (TPSA) is 67.9 Å². The fourth-order valence-corrected chi connectivity index (χ4v) is 3.36. The average Bonchev–Trinajstić information content (AvgIpc) is 2.51. The SMILES string of the molecule is COC(OC)C1CN(c2ccc(C3CCC(=O)NC3=O)c(F)c2)C1. The standard InChI is InChI=1S/C17H21FN2O4/c1-23-17(24-2)10-8-20(9-10)11-3-4-12(14(18)7-11)13-5-6-15(21)19-16(13)22/h3-4,7,10,13,17H,5-6,8-9H2,1-2H3,(H,19,21,22). The van der Waals surface area contributed by atoms with Crippen molar-refractivity contribution in [1.29, 1.82) is 0 Å². The number of ether oxygens (including phenoxy) is 2. The molecule has 1 unspecified atom stereocenters. The normalized spacial score (nSPS) is 21.8. The molecule has 2 aliphatic rings. The number of halogens is 1. The van der Waals surface area contributed by atoms with Crippen LogP contribution < -0.4 is 10.2 Å². The van der Waals surface area contributed by atoms with E-state index >= 15 is 0 Å². The molecular formula is C17H21FN2O4. The van der Waals surface area contributed by atoms with Gasteiger partial charge < -0.3 is 14.4 Å². The summed E-state index contributed by atoms with van der Waals surface area (Å²) in [5.41, 5.74) is 1.11. The Morgan fingerprint density at radius 2 is 1.96 bits per heavy atom. The lowest BCUT2D eigenvalue weighted by atomic mass is 9.89. The first-order valence-corrected chi connectivity index (χ1v) is 7.97. The van der Waals surface area contributed by atoms with Crippen molar-refractivity contribution in [3.8, 4) is 0 Å². The maximum Gasteiger partial charge on any atom is 0.234 e. The number of nitrogens with zero attached hydrogens (tertiary/aromatic N) is 1. The minimum Gasteiger partial charge on any atom is -0.370 e. The van der Waals surface area contributed by atoms with Crippen molar-refractivity contribution in [3.05, 3.63) is 29.6 Å². The van der Waals surface area contributed by atoms with E-state index < -0.39 is 17.6 Å². The number of amides is 2. The maximum absolute atomic E-state index is 14.5. The molecule has 0 bridgehead atoms. The molecule has 7 heteroatoms. The molecule has 2 amide bonds. The van der Waals surface area contributed by atoms with Crippen molar-refractivity contribution in [2.75, 3.05) is 32.2 Å². The van der Waals surface area contributed by atoms with Gasteiger partial charge in [0, 0.05) is 50.9 Å². The van der Waals surface area contributed by atoms with Crippen LogP contribution in [0, 0.1) is 11.7 Å². The Morgan fingerprint density at radius 3 is 2.54 bits per heavy atom. The molecule has 0 aliphatic carbocycles. The van der Waals surface area contributed by atoms with Gasteiger partial charge in [-0.2, -0.15) is 0 Å². The van der Waals surface area contributed by atoms with Gasteiger partial charge in [0.25, 0.3) is 0 Å². The molecule has 1 N–H and O–H groups in total. The zero-order chi connectivity index (χ0) is 17.3. The van der Waals surface area contributed by atoms with E-state index in [0.29, 0.717) is 12.0 Å². The highest BCUT2D eigenvalue weighted by atomic mass is 19.1. The number of methoxy groups -OCH3 is 2. The highest BCUT2D eigenvalue weighted by Gasteiger charge is 2.35. The van der Waals surface area contributed by atoms with Crippen LogP contribution in [0.15, 0.2) is 18.2 Å². The van der Waals surface area contributed by atoms with E-state index in [-0.39, 0.29) is 24.5 Å². The van der Waals surface area contributed by atoms with E-state index in [1.165, 1.54) is 6.07 Å². The molecule has 0 radical (unpaired) electrons. The van der Waals surface area contributed by atoms with Crippen molar-refractivity contribution >= 4 is 17.5 Å². The number of carbonyl (C=O) groups excluding carboxylic acids is 2. The van der Waals surface area contributed by atoms with Crippen molar-refractivity contribution in [3.63, 3.8) is 0 Å². The number of hydrogen-bond donors (Lipinski definition) is 1. The minimum absolute atomic E-state index is 0.237. The molecule has 6 nitrogen and oxygen atoms in total. The molecule has 2 aliphatic heterocycles. The molecular weight excluding hydrogens is 315 g/mol. The van der Waals surface area contributed by atoms with Crippen LogP contribution in [0.25, 0.3) is 0 Å². The molecule has 0 saturated carbocycles. The largest absolute Gasteiger partial charge is 0.370 e. The molecule has 2 fully saturated rings. The van der Waals surface area contributed by atoms with Crippen LogP contribution in [0.1, 0.15) is 24.3 Å². The lowest BCUT2D eigenvalue weighted by molar-refractivity contribution is -0.142. The van der Waals surface area contributed by atoms with Gasteiger partial charge in [-0.15, -0.1) is 0 Å². The van der Waals surface area contributed by atoms with Gasteiger partial charge in [0.15, 0.2) is 6.29 Å². The minimum atomic E-state index is -0.604. The average molecular weight is 336 g/mol. The van der Waals surface area contributed by atoms with E-state index in [0.717, 1.165) is 18.8 Å². The summed E-state index contributed by atoms with van der Waals surface area (Å²) in [6, 6.07) is 4.90.